The normalized spacial score (nSPS) is 16.9. The van der Waals surface area contributed by atoms with Crippen LogP contribution < -0.4 is 0 Å². The maximum Gasteiger partial charge on any atom is 0.254 e. The fourth-order valence-corrected chi connectivity index (χ4v) is 6.51. The van der Waals surface area contributed by atoms with Crippen molar-refractivity contribution in [2.24, 2.45) is 5.92 Å². The minimum absolute atomic E-state index is 0.00692. The number of hydrogen-bond acceptors (Lipinski definition) is 4. The van der Waals surface area contributed by atoms with E-state index in [1.165, 1.54) is 0 Å². The van der Waals surface area contributed by atoms with Crippen molar-refractivity contribution in [2.75, 3.05) is 39.3 Å². The van der Waals surface area contributed by atoms with Crippen molar-refractivity contribution in [3.8, 4) is 5.69 Å². The molecule has 0 saturated carbocycles. The van der Waals surface area contributed by atoms with Gasteiger partial charge in [0.15, 0.2) is 0 Å². The minimum atomic E-state index is -0.0853. The molecule has 2 fully saturated rings. The van der Waals surface area contributed by atoms with Gasteiger partial charge in [0.25, 0.3) is 5.91 Å². The molecule has 0 aliphatic carbocycles. The van der Waals surface area contributed by atoms with Gasteiger partial charge in [0, 0.05) is 47.8 Å². The number of halogens is 3. The lowest BCUT2D eigenvalue weighted by Gasteiger charge is -2.38. The average molecular weight is 655 g/mol. The van der Waals surface area contributed by atoms with Gasteiger partial charge in [0.05, 0.1) is 27.6 Å². The van der Waals surface area contributed by atoms with E-state index in [1.54, 1.807) is 23.1 Å². The Morgan fingerprint density at radius 3 is 2.29 bits per heavy atom. The van der Waals surface area contributed by atoms with Crippen molar-refractivity contribution in [1.82, 2.24) is 24.3 Å². The summed E-state index contributed by atoms with van der Waals surface area (Å²) in [6, 6.07) is 21.4. The highest BCUT2D eigenvalue weighted by Crippen LogP contribution is 2.28. The van der Waals surface area contributed by atoms with Gasteiger partial charge < -0.3 is 9.80 Å². The van der Waals surface area contributed by atoms with Gasteiger partial charge in [-0.3, -0.25) is 19.1 Å². The van der Waals surface area contributed by atoms with Crippen LogP contribution in [-0.2, 0) is 11.3 Å². The number of imidazole rings is 1. The number of carbonyl (C=O) groups excluding carboxylic acids is 2. The second-order valence-corrected chi connectivity index (χ2v) is 12.4. The highest BCUT2D eigenvalue weighted by molar-refractivity contribution is 9.10. The maximum atomic E-state index is 13.4. The van der Waals surface area contributed by atoms with Gasteiger partial charge in [0.2, 0.25) is 5.91 Å². The summed E-state index contributed by atoms with van der Waals surface area (Å²) in [5, 5.41) is 0.788. The third-order valence-electron chi connectivity index (χ3n) is 8.04. The molecule has 212 valence electrons. The first-order chi connectivity index (χ1) is 19.9. The Kier molecular flexibility index (Phi) is 8.35. The Morgan fingerprint density at radius 1 is 0.829 bits per heavy atom. The Morgan fingerprint density at radius 2 is 1.56 bits per heavy atom. The van der Waals surface area contributed by atoms with E-state index < -0.39 is 0 Å². The number of benzene rings is 3. The van der Waals surface area contributed by atoms with Crippen LogP contribution in [0.25, 0.3) is 16.7 Å². The second kappa shape index (κ2) is 12.1. The fraction of sp³-hybridized carbons (Fsp3) is 0.323. The molecule has 0 radical (unpaired) electrons. The van der Waals surface area contributed by atoms with Crippen molar-refractivity contribution in [2.45, 2.75) is 19.4 Å². The van der Waals surface area contributed by atoms with Gasteiger partial charge in [-0.15, -0.1) is 0 Å². The van der Waals surface area contributed by atoms with Crippen LogP contribution in [-0.4, -0.2) is 75.3 Å². The molecule has 0 unspecified atom stereocenters. The zero-order valence-corrected chi connectivity index (χ0v) is 25.6. The topological polar surface area (TPSA) is 61.7 Å². The highest BCUT2D eigenvalue weighted by atomic mass is 79.9. The molecular formula is C31H30BrCl2N5O2. The summed E-state index contributed by atoms with van der Waals surface area (Å²) >= 11 is 15.7. The molecule has 1 aromatic heterocycles. The van der Waals surface area contributed by atoms with Crippen LogP contribution in [0.15, 0.2) is 71.2 Å². The lowest BCUT2D eigenvalue weighted by atomic mass is 9.95. The third-order valence-corrected chi connectivity index (χ3v) is 9.28. The molecule has 0 spiro atoms. The fourth-order valence-electron chi connectivity index (χ4n) is 5.82. The van der Waals surface area contributed by atoms with Crippen molar-refractivity contribution < 1.29 is 9.59 Å². The standard InChI is InChI=1S/C31H30BrCl2N5O2/c32-23-4-3-5-24(19-23)39-28-7-2-1-6-27(28)35-29(39)20-36-12-10-21(11-13-36)30(40)37-14-16-38(17-15-37)31(41)22-8-9-25(33)26(34)18-22/h1-9,18-19,21H,10-17,20H2. The van der Waals surface area contributed by atoms with Crippen LogP contribution in [0.4, 0.5) is 0 Å². The molecule has 7 nitrogen and oxygen atoms in total. The summed E-state index contributed by atoms with van der Waals surface area (Å²) in [5.41, 5.74) is 3.65. The van der Waals surface area contributed by atoms with E-state index in [-0.39, 0.29) is 17.7 Å². The number of fused-ring (bicyclic) bond motifs is 1. The van der Waals surface area contributed by atoms with Crippen LogP contribution in [0.5, 0.6) is 0 Å². The van der Waals surface area contributed by atoms with Crippen LogP contribution in [0.3, 0.4) is 0 Å². The molecule has 2 aliphatic heterocycles. The van der Waals surface area contributed by atoms with Gasteiger partial charge in [-0.05, 0) is 74.5 Å². The number of likely N-dealkylation sites (tertiary alicyclic amines) is 1. The predicted molar refractivity (Wildman–Crippen MR) is 166 cm³/mol. The quantitative estimate of drug-likeness (QED) is 0.254. The summed E-state index contributed by atoms with van der Waals surface area (Å²) in [6.07, 6.45) is 1.64. The molecule has 10 heteroatoms. The van der Waals surface area contributed by atoms with E-state index >= 15 is 0 Å². The van der Waals surface area contributed by atoms with Crippen LogP contribution in [0.2, 0.25) is 10.0 Å². The summed E-state index contributed by atoms with van der Waals surface area (Å²) in [7, 11) is 0. The number of carbonyl (C=O) groups is 2. The second-order valence-electron chi connectivity index (χ2n) is 10.6. The first kappa shape index (κ1) is 28.2. The number of piperidine rings is 1. The van der Waals surface area contributed by atoms with E-state index in [1.807, 2.05) is 29.2 Å². The first-order valence-electron chi connectivity index (χ1n) is 13.8. The van der Waals surface area contributed by atoms with Crippen LogP contribution in [0, 0.1) is 5.92 Å². The summed E-state index contributed by atoms with van der Waals surface area (Å²) in [4.78, 5) is 37.4. The lowest BCUT2D eigenvalue weighted by molar-refractivity contribution is -0.138. The smallest absolute Gasteiger partial charge is 0.254 e. The maximum absolute atomic E-state index is 13.4. The molecule has 0 N–H and O–H groups in total. The zero-order valence-electron chi connectivity index (χ0n) is 22.5. The molecule has 2 amide bonds. The average Bonchev–Trinajstić information content (AvgIpc) is 3.36. The van der Waals surface area contributed by atoms with Gasteiger partial charge in [0.1, 0.15) is 5.82 Å². The molecule has 0 bridgehead atoms. The van der Waals surface area contributed by atoms with Gasteiger partial charge in [-0.25, -0.2) is 4.98 Å². The predicted octanol–water partition coefficient (Wildman–Crippen LogP) is 6.29. The van der Waals surface area contributed by atoms with Crippen molar-refractivity contribution >= 4 is 62.0 Å². The van der Waals surface area contributed by atoms with E-state index in [0.29, 0.717) is 41.8 Å². The number of nitrogens with zero attached hydrogens (tertiary/aromatic N) is 5. The van der Waals surface area contributed by atoms with E-state index in [4.69, 9.17) is 28.2 Å². The molecule has 2 aliphatic rings. The van der Waals surface area contributed by atoms with Gasteiger partial charge >= 0.3 is 0 Å². The largest absolute Gasteiger partial charge is 0.339 e. The number of rotatable bonds is 5. The van der Waals surface area contributed by atoms with Crippen molar-refractivity contribution in [3.63, 3.8) is 0 Å². The molecule has 2 saturated heterocycles. The number of piperazine rings is 1. The molecule has 3 heterocycles. The van der Waals surface area contributed by atoms with E-state index in [2.05, 4.69) is 49.7 Å². The summed E-state index contributed by atoms with van der Waals surface area (Å²) in [6.45, 7) is 4.51. The van der Waals surface area contributed by atoms with Crippen LogP contribution >= 0.6 is 39.1 Å². The number of amides is 2. The molecule has 4 aromatic rings. The summed E-state index contributed by atoms with van der Waals surface area (Å²) < 4.78 is 3.26. The number of para-hydroxylation sites is 2. The van der Waals surface area contributed by atoms with Crippen molar-refractivity contribution in [1.29, 1.82) is 0 Å². The van der Waals surface area contributed by atoms with Gasteiger partial charge in [-0.2, -0.15) is 0 Å². The zero-order chi connectivity index (χ0) is 28.5. The SMILES string of the molecule is O=C(c1ccc(Cl)c(Cl)c1)N1CCN(C(=O)C2CCN(Cc3nc4ccccc4n3-c3cccc(Br)c3)CC2)CC1. The minimum Gasteiger partial charge on any atom is -0.339 e. The van der Waals surface area contributed by atoms with E-state index in [9.17, 15) is 9.59 Å². The Labute approximate surface area is 257 Å². The lowest BCUT2D eigenvalue weighted by Crippen LogP contribution is -2.53. The first-order valence-corrected chi connectivity index (χ1v) is 15.4. The third kappa shape index (κ3) is 6.02. The molecule has 0 atom stereocenters. The number of hydrogen-bond donors (Lipinski definition) is 0. The Balaban J connectivity index is 1.06. The molecule has 6 rings (SSSR count). The Hall–Kier alpha value is -2.91. The number of aromatic nitrogens is 2. The highest BCUT2D eigenvalue weighted by Gasteiger charge is 2.32. The summed E-state index contributed by atoms with van der Waals surface area (Å²) in [5.74, 6) is 1.12. The van der Waals surface area contributed by atoms with Crippen molar-refractivity contribution in [3.05, 3.63) is 92.6 Å². The molecule has 41 heavy (non-hydrogen) atoms. The Bertz CT molecular complexity index is 1590. The van der Waals surface area contributed by atoms with Crippen LogP contribution in [0.1, 0.15) is 29.0 Å². The van der Waals surface area contributed by atoms with E-state index in [0.717, 1.165) is 59.5 Å². The van der Waals surface area contributed by atoms with Gasteiger partial charge in [-0.1, -0.05) is 57.3 Å². The molecular weight excluding hydrogens is 625 g/mol. The monoisotopic (exact) mass is 653 g/mol. The molecule has 3 aromatic carbocycles.